The summed E-state index contributed by atoms with van der Waals surface area (Å²) in [4.78, 5) is 4.84. The van der Waals surface area contributed by atoms with Gasteiger partial charge in [-0.15, -0.1) is 35.7 Å². The number of aryl methyl sites for hydroxylation is 3. The van der Waals surface area contributed by atoms with Crippen LogP contribution in [-0.4, -0.2) is 19.3 Å². The molecule has 6 heteroatoms. The predicted octanol–water partition coefficient (Wildman–Crippen LogP) is 11.1. The van der Waals surface area contributed by atoms with Gasteiger partial charge in [0.15, 0.2) is 0 Å². The minimum atomic E-state index is 0. The summed E-state index contributed by atoms with van der Waals surface area (Å²) in [5.74, 6) is 2.14. The number of ether oxygens (including phenoxy) is 1. The standard InChI is InChI=1S/C43H42N4O.Pt/c1-5-7-8-10-15-33-20-23-40-39(26-33)38-22-21-37(29-41(38)46(40)42-27-32(14-6-2)24-25-44-42)48-36-19-13-18-35(28-36)47-31(4)43(30(3)45-47)34-16-11-9-12-17-34;/h9,11-13,16-27H,5-8,10,14-15H2,1-4H3;/q-2;+2. The van der Waals surface area contributed by atoms with Crippen LogP contribution in [0, 0.1) is 26.0 Å². The number of unbranched alkanes of at least 4 members (excludes halogenated alkanes) is 3. The van der Waals surface area contributed by atoms with Crippen molar-refractivity contribution in [2.24, 2.45) is 0 Å². The van der Waals surface area contributed by atoms with Crippen LogP contribution in [0.1, 0.15) is 68.5 Å². The van der Waals surface area contributed by atoms with E-state index in [1.54, 1.807) is 0 Å². The molecular weight excluding hydrogens is 784 g/mol. The summed E-state index contributed by atoms with van der Waals surface area (Å²) in [5.41, 5.74) is 9.90. The predicted molar refractivity (Wildman–Crippen MR) is 197 cm³/mol. The number of nitrogens with zero attached hydrogens (tertiary/aromatic N) is 4. The van der Waals surface area contributed by atoms with Gasteiger partial charge < -0.3 is 9.30 Å². The number of fused-ring (bicyclic) bond motifs is 3. The zero-order valence-electron chi connectivity index (χ0n) is 28.7. The van der Waals surface area contributed by atoms with Gasteiger partial charge in [-0.25, -0.2) is 4.98 Å². The fourth-order valence-corrected chi connectivity index (χ4v) is 6.85. The van der Waals surface area contributed by atoms with Gasteiger partial charge >= 0.3 is 21.1 Å². The van der Waals surface area contributed by atoms with Crippen LogP contribution in [0.4, 0.5) is 0 Å². The maximum atomic E-state index is 6.47. The topological polar surface area (TPSA) is 44.9 Å². The quantitative estimate of drug-likeness (QED) is 0.0911. The number of rotatable bonds is 12. The van der Waals surface area contributed by atoms with Crippen LogP contribution >= 0.6 is 0 Å². The summed E-state index contributed by atoms with van der Waals surface area (Å²) in [7, 11) is 0. The number of pyridine rings is 1. The van der Waals surface area contributed by atoms with Crippen LogP contribution in [0.5, 0.6) is 11.5 Å². The van der Waals surface area contributed by atoms with E-state index in [1.807, 2.05) is 41.2 Å². The first-order valence-corrected chi connectivity index (χ1v) is 17.3. The minimum absolute atomic E-state index is 0. The average Bonchev–Trinajstić information content (AvgIpc) is 3.59. The largest absolute Gasteiger partial charge is 2.00 e. The molecule has 0 amide bonds. The second-order valence-corrected chi connectivity index (χ2v) is 12.7. The zero-order chi connectivity index (χ0) is 33.0. The molecule has 0 aliphatic rings. The molecule has 0 saturated carbocycles. The Hall–Kier alpha value is -4.47. The number of hydrogen-bond acceptors (Lipinski definition) is 3. The van der Waals surface area contributed by atoms with E-state index in [2.05, 4.69) is 105 Å². The molecule has 3 heterocycles. The van der Waals surface area contributed by atoms with Crippen molar-refractivity contribution in [3.05, 3.63) is 132 Å². The van der Waals surface area contributed by atoms with E-state index < -0.39 is 0 Å². The van der Waals surface area contributed by atoms with Crippen LogP contribution in [-0.2, 0) is 33.9 Å². The van der Waals surface area contributed by atoms with Gasteiger partial charge in [-0.05, 0) is 79.1 Å². The Kier molecular flexibility index (Phi) is 10.8. The van der Waals surface area contributed by atoms with Gasteiger partial charge in [0.2, 0.25) is 0 Å². The molecule has 49 heavy (non-hydrogen) atoms. The van der Waals surface area contributed by atoms with Crippen LogP contribution < -0.4 is 4.74 Å². The van der Waals surface area contributed by atoms with Gasteiger partial charge in [0.05, 0.1) is 5.69 Å². The molecule has 0 N–H and O–H groups in total. The van der Waals surface area contributed by atoms with E-state index in [1.165, 1.54) is 42.2 Å². The monoisotopic (exact) mass is 825 g/mol. The van der Waals surface area contributed by atoms with Crippen molar-refractivity contribution in [3.63, 3.8) is 0 Å². The van der Waals surface area contributed by atoms with E-state index in [9.17, 15) is 0 Å². The molecule has 0 unspecified atom stereocenters. The van der Waals surface area contributed by atoms with E-state index in [0.717, 1.165) is 69.7 Å². The first kappa shape index (κ1) is 34.4. The SMILES string of the molecule is CCCCCCc1ccc2c(c1)c1ccc(Oc3[c-]c(-n4nc(C)c(-c5ccccc5)c4C)ccc3)[c-]c1n2-c1cc(CCC)ccn1.[Pt+2]. The molecule has 0 bridgehead atoms. The zero-order valence-corrected chi connectivity index (χ0v) is 31.0. The van der Waals surface area contributed by atoms with Crippen molar-refractivity contribution in [2.75, 3.05) is 0 Å². The second-order valence-electron chi connectivity index (χ2n) is 12.7. The van der Waals surface area contributed by atoms with Crippen LogP contribution in [0.2, 0.25) is 0 Å². The molecule has 250 valence electrons. The minimum Gasteiger partial charge on any atom is -0.509 e. The van der Waals surface area contributed by atoms with Gasteiger partial charge in [-0.3, -0.25) is 4.68 Å². The number of hydrogen-bond donors (Lipinski definition) is 0. The Bertz CT molecular complexity index is 2200. The van der Waals surface area contributed by atoms with Gasteiger partial charge in [0, 0.05) is 34.5 Å². The third-order valence-electron chi connectivity index (χ3n) is 9.17. The van der Waals surface area contributed by atoms with Gasteiger partial charge in [0.25, 0.3) is 0 Å². The third-order valence-corrected chi connectivity index (χ3v) is 9.17. The van der Waals surface area contributed by atoms with Crippen molar-refractivity contribution in [1.82, 2.24) is 19.3 Å². The fraction of sp³-hybridized carbons (Fsp3) is 0.256. The molecule has 0 atom stereocenters. The van der Waals surface area contributed by atoms with Crippen LogP contribution in [0.3, 0.4) is 0 Å². The molecule has 5 nitrogen and oxygen atoms in total. The molecule has 4 aromatic carbocycles. The Morgan fingerprint density at radius 3 is 2.35 bits per heavy atom. The summed E-state index contributed by atoms with van der Waals surface area (Å²) in [6, 6.07) is 38.8. The molecule has 0 aliphatic carbocycles. The van der Waals surface area contributed by atoms with Crippen LogP contribution in [0.15, 0.2) is 97.2 Å². The summed E-state index contributed by atoms with van der Waals surface area (Å²) >= 11 is 0. The summed E-state index contributed by atoms with van der Waals surface area (Å²) < 4.78 is 10.7. The maximum Gasteiger partial charge on any atom is 2.00 e. The normalized spacial score (nSPS) is 11.3. The summed E-state index contributed by atoms with van der Waals surface area (Å²) in [5, 5.41) is 7.24. The second kappa shape index (κ2) is 15.4. The first-order chi connectivity index (χ1) is 23.5. The molecular formula is C43H42N4OPt. The molecule has 0 saturated heterocycles. The van der Waals surface area contributed by atoms with E-state index >= 15 is 0 Å². The Labute approximate surface area is 304 Å². The summed E-state index contributed by atoms with van der Waals surface area (Å²) in [6.07, 6.45) is 10.1. The molecule has 7 rings (SSSR count). The van der Waals surface area contributed by atoms with Gasteiger partial charge in [0.1, 0.15) is 5.82 Å². The smallest absolute Gasteiger partial charge is 0.509 e. The molecule has 0 radical (unpaired) electrons. The Morgan fingerprint density at radius 2 is 1.53 bits per heavy atom. The number of aromatic nitrogens is 4. The Balaban J connectivity index is 0.00000417. The van der Waals surface area contributed by atoms with Crippen molar-refractivity contribution in [2.45, 2.75) is 72.6 Å². The third kappa shape index (κ3) is 7.14. The van der Waals surface area contributed by atoms with Crippen molar-refractivity contribution < 1.29 is 25.8 Å². The van der Waals surface area contributed by atoms with Crippen molar-refractivity contribution in [3.8, 4) is 34.1 Å². The first-order valence-electron chi connectivity index (χ1n) is 17.3. The molecule has 0 spiro atoms. The van der Waals surface area contributed by atoms with E-state index in [-0.39, 0.29) is 21.1 Å². The fourth-order valence-electron chi connectivity index (χ4n) is 6.85. The average molecular weight is 826 g/mol. The molecule has 3 aromatic heterocycles. The maximum absolute atomic E-state index is 6.47. The van der Waals surface area contributed by atoms with E-state index in [4.69, 9.17) is 14.8 Å². The van der Waals surface area contributed by atoms with Crippen molar-refractivity contribution in [1.29, 1.82) is 0 Å². The number of benzene rings is 4. The molecule has 7 aromatic rings. The van der Waals surface area contributed by atoms with Crippen LogP contribution in [0.25, 0.3) is 44.4 Å². The van der Waals surface area contributed by atoms with Gasteiger partial charge in [-0.2, -0.15) is 17.2 Å². The summed E-state index contributed by atoms with van der Waals surface area (Å²) in [6.45, 7) is 8.63. The molecule has 0 aliphatic heterocycles. The Morgan fingerprint density at radius 1 is 0.714 bits per heavy atom. The van der Waals surface area contributed by atoms with Crippen molar-refractivity contribution >= 4 is 21.8 Å². The van der Waals surface area contributed by atoms with Gasteiger partial charge in [-0.1, -0.05) is 87.5 Å². The molecule has 0 fully saturated rings. The van der Waals surface area contributed by atoms with E-state index in [0.29, 0.717) is 11.5 Å².